The number of pyridine rings is 1. The molecular weight excluding hydrogens is 248 g/mol. The van der Waals surface area contributed by atoms with Gasteiger partial charge in [-0.15, -0.1) is 0 Å². The average molecular weight is 262 g/mol. The minimum absolute atomic E-state index is 0.316. The van der Waals surface area contributed by atoms with Crippen LogP contribution in [-0.2, 0) is 10.0 Å². The Balaban J connectivity index is 2.48. The van der Waals surface area contributed by atoms with Crippen molar-refractivity contribution in [3.05, 3.63) is 54.4 Å². The van der Waals surface area contributed by atoms with E-state index in [4.69, 9.17) is 0 Å². The van der Waals surface area contributed by atoms with Gasteiger partial charge in [0.1, 0.15) is 0 Å². The molecule has 1 heterocycles. The molecule has 4 nitrogen and oxygen atoms in total. The summed E-state index contributed by atoms with van der Waals surface area (Å²) in [5.41, 5.74) is 1.27. The minimum atomic E-state index is -3.53. The lowest BCUT2D eigenvalue weighted by Crippen LogP contribution is -2.27. The number of sulfonamides is 1. The molecule has 0 N–H and O–H groups in total. The molecule has 0 unspecified atom stereocenters. The SMILES string of the molecule is Cc1ccccc1S(=O)(=O)N(C)c1cccnc1. The number of anilines is 1. The topological polar surface area (TPSA) is 50.3 Å². The first-order valence-electron chi connectivity index (χ1n) is 5.48. The van der Waals surface area contributed by atoms with Crippen LogP contribution in [0.15, 0.2) is 53.7 Å². The highest BCUT2D eigenvalue weighted by molar-refractivity contribution is 7.92. The Morgan fingerprint density at radius 1 is 1.11 bits per heavy atom. The van der Waals surface area contributed by atoms with Gasteiger partial charge in [0.15, 0.2) is 0 Å². The molecule has 0 spiro atoms. The van der Waals surface area contributed by atoms with E-state index in [1.165, 1.54) is 17.5 Å². The van der Waals surface area contributed by atoms with E-state index in [0.29, 0.717) is 10.6 Å². The van der Waals surface area contributed by atoms with Gasteiger partial charge in [-0.25, -0.2) is 8.42 Å². The summed E-state index contributed by atoms with van der Waals surface area (Å²) in [6.07, 6.45) is 3.13. The second-order valence-corrected chi connectivity index (χ2v) is 5.89. The summed E-state index contributed by atoms with van der Waals surface area (Å²) in [7, 11) is -2.00. The molecule has 0 aliphatic heterocycles. The normalized spacial score (nSPS) is 11.2. The highest BCUT2D eigenvalue weighted by Crippen LogP contribution is 2.22. The molecule has 18 heavy (non-hydrogen) atoms. The number of hydrogen-bond donors (Lipinski definition) is 0. The third kappa shape index (κ3) is 2.22. The quantitative estimate of drug-likeness (QED) is 0.852. The van der Waals surface area contributed by atoms with E-state index in [9.17, 15) is 8.42 Å². The zero-order chi connectivity index (χ0) is 13.2. The lowest BCUT2D eigenvalue weighted by molar-refractivity contribution is 0.593. The largest absolute Gasteiger partial charge is 0.268 e. The highest BCUT2D eigenvalue weighted by atomic mass is 32.2. The highest BCUT2D eigenvalue weighted by Gasteiger charge is 2.22. The maximum absolute atomic E-state index is 12.5. The van der Waals surface area contributed by atoms with Gasteiger partial charge in [0.05, 0.1) is 16.8 Å². The Bertz CT molecular complexity index is 639. The number of benzene rings is 1. The Morgan fingerprint density at radius 2 is 1.83 bits per heavy atom. The number of hydrogen-bond acceptors (Lipinski definition) is 3. The second-order valence-electron chi connectivity index (χ2n) is 3.95. The molecule has 0 fully saturated rings. The van der Waals surface area contributed by atoms with Crippen molar-refractivity contribution in [2.24, 2.45) is 0 Å². The van der Waals surface area contributed by atoms with Crippen LogP contribution in [0.3, 0.4) is 0 Å². The van der Waals surface area contributed by atoms with Gasteiger partial charge in [-0.1, -0.05) is 18.2 Å². The van der Waals surface area contributed by atoms with E-state index < -0.39 is 10.0 Å². The molecule has 1 aromatic heterocycles. The van der Waals surface area contributed by atoms with Gasteiger partial charge in [-0.2, -0.15) is 0 Å². The molecule has 2 aromatic rings. The van der Waals surface area contributed by atoms with Crippen molar-refractivity contribution in [1.82, 2.24) is 4.98 Å². The Morgan fingerprint density at radius 3 is 2.44 bits per heavy atom. The second kappa shape index (κ2) is 4.78. The van der Waals surface area contributed by atoms with E-state index in [2.05, 4.69) is 4.98 Å². The van der Waals surface area contributed by atoms with Crippen molar-refractivity contribution in [3.8, 4) is 0 Å². The standard InChI is InChI=1S/C13H14N2O2S/c1-11-6-3-4-8-13(11)18(16,17)15(2)12-7-5-9-14-10-12/h3-10H,1-2H3. The zero-order valence-corrected chi connectivity index (χ0v) is 11.1. The van der Waals surface area contributed by atoms with Gasteiger partial charge < -0.3 is 0 Å². The van der Waals surface area contributed by atoms with Crippen LogP contribution in [0.2, 0.25) is 0 Å². The van der Waals surface area contributed by atoms with Crippen LogP contribution in [0, 0.1) is 6.92 Å². The van der Waals surface area contributed by atoms with Gasteiger partial charge in [-0.05, 0) is 30.7 Å². The molecular formula is C13H14N2O2S. The first kappa shape index (κ1) is 12.6. The molecule has 0 atom stereocenters. The molecule has 2 rings (SSSR count). The van der Waals surface area contributed by atoms with Crippen molar-refractivity contribution in [1.29, 1.82) is 0 Å². The number of nitrogens with zero attached hydrogens (tertiary/aromatic N) is 2. The van der Waals surface area contributed by atoms with Gasteiger partial charge in [0.2, 0.25) is 0 Å². The fourth-order valence-corrected chi connectivity index (χ4v) is 3.08. The van der Waals surface area contributed by atoms with Crippen molar-refractivity contribution >= 4 is 15.7 Å². The Kier molecular flexibility index (Phi) is 3.34. The molecule has 0 bridgehead atoms. The van der Waals surface area contributed by atoms with Crippen molar-refractivity contribution in [2.45, 2.75) is 11.8 Å². The Labute approximate surface area is 107 Å². The summed E-state index contributed by atoms with van der Waals surface area (Å²) < 4.78 is 26.1. The molecule has 0 radical (unpaired) electrons. The maximum Gasteiger partial charge on any atom is 0.264 e. The van der Waals surface area contributed by atoms with E-state index >= 15 is 0 Å². The first-order chi connectivity index (χ1) is 8.53. The van der Waals surface area contributed by atoms with Crippen molar-refractivity contribution in [2.75, 3.05) is 11.4 Å². The lowest BCUT2D eigenvalue weighted by Gasteiger charge is -2.20. The summed E-state index contributed by atoms with van der Waals surface area (Å²) in [4.78, 5) is 4.25. The van der Waals surface area contributed by atoms with Crippen LogP contribution in [0.5, 0.6) is 0 Å². The Hall–Kier alpha value is -1.88. The fourth-order valence-electron chi connectivity index (χ4n) is 1.67. The lowest BCUT2D eigenvalue weighted by atomic mass is 10.2. The van der Waals surface area contributed by atoms with Crippen LogP contribution in [0.4, 0.5) is 5.69 Å². The predicted molar refractivity (Wildman–Crippen MR) is 71.0 cm³/mol. The van der Waals surface area contributed by atoms with Crippen LogP contribution in [-0.4, -0.2) is 20.4 Å². The van der Waals surface area contributed by atoms with Crippen LogP contribution in [0.1, 0.15) is 5.56 Å². The van der Waals surface area contributed by atoms with E-state index in [1.54, 1.807) is 43.5 Å². The van der Waals surface area contributed by atoms with Crippen LogP contribution in [0.25, 0.3) is 0 Å². The van der Waals surface area contributed by atoms with Gasteiger partial charge in [0.25, 0.3) is 10.0 Å². The molecule has 94 valence electrons. The van der Waals surface area contributed by atoms with Crippen LogP contribution < -0.4 is 4.31 Å². The third-order valence-electron chi connectivity index (χ3n) is 2.74. The maximum atomic E-state index is 12.5. The molecule has 0 aliphatic rings. The van der Waals surface area contributed by atoms with Gasteiger partial charge >= 0.3 is 0 Å². The molecule has 0 aliphatic carbocycles. The van der Waals surface area contributed by atoms with E-state index in [0.717, 1.165) is 5.56 Å². The fraction of sp³-hybridized carbons (Fsp3) is 0.154. The molecule has 0 saturated carbocycles. The average Bonchev–Trinajstić information content (AvgIpc) is 2.39. The van der Waals surface area contributed by atoms with Gasteiger partial charge in [-0.3, -0.25) is 9.29 Å². The molecule has 0 saturated heterocycles. The third-order valence-corrected chi connectivity index (χ3v) is 4.69. The summed E-state index contributed by atoms with van der Waals surface area (Å²) in [6, 6.07) is 10.3. The van der Waals surface area contributed by atoms with E-state index in [-0.39, 0.29) is 0 Å². The van der Waals surface area contributed by atoms with Crippen molar-refractivity contribution < 1.29 is 8.42 Å². The molecule has 0 amide bonds. The smallest absolute Gasteiger partial charge is 0.264 e. The monoisotopic (exact) mass is 262 g/mol. The summed E-state index contributed by atoms with van der Waals surface area (Å²) in [5.74, 6) is 0. The first-order valence-corrected chi connectivity index (χ1v) is 6.92. The van der Waals surface area contributed by atoms with Crippen molar-refractivity contribution in [3.63, 3.8) is 0 Å². The summed E-state index contributed by atoms with van der Waals surface area (Å²) in [6.45, 7) is 1.78. The number of rotatable bonds is 3. The molecule has 1 aromatic carbocycles. The summed E-state index contributed by atoms with van der Waals surface area (Å²) >= 11 is 0. The predicted octanol–water partition coefficient (Wildman–Crippen LogP) is 2.22. The van der Waals surface area contributed by atoms with E-state index in [1.807, 2.05) is 6.07 Å². The van der Waals surface area contributed by atoms with Crippen LogP contribution >= 0.6 is 0 Å². The van der Waals surface area contributed by atoms with Gasteiger partial charge in [0, 0.05) is 13.2 Å². The minimum Gasteiger partial charge on any atom is -0.268 e. The number of aromatic nitrogens is 1. The zero-order valence-electron chi connectivity index (χ0n) is 10.2. The molecule has 5 heteroatoms. The summed E-state index contributed by atoms with van der Waals surface area (Å²) in [5, 5.41) is 0. The number of aryl methyl sites for hydroxylation is 1.